The summed E-state index contributed by atoms with van der Waals surface area (Å²) in [6.07, 6.45) is 3.12. The van der Waals surface area contributed by atoms with Crippen molar-refractivity contribution in [3.05, 3.63) is 24.1 Å². The van der Waals surface area contributed by atoms with Gasteiger partial charge < -0.3 is 10.6 Å². The molecule has 2 rings (SSSR count). The van der Waals surface area contributed by atoms with Gasteiger partial charge in [0.15, 0.2) is 11.6 Å². The lowest BCUT2D eigenvalue weighted by Crippen LogP contribution is -2.45. The monoisotopic (exact) mass is 236 g/mol. The maximum Gasteiger partial charge on any atom is 0.165 e. The molecule has 1 fully saturated rings. The highest BCUT2D eigenvalue weighted by atomic mass is 19.1. The SMILES string of the molecule is CC1(C(=N)N)CCN(c2ncccc2F)CC1. The molecule has 0 saturated carbocycles. The summed E-state index contributed by atoms with van der Waals surface area (Å²) in [5, 5.41) is 7.57. The molecule has 1 saturated heterocycles. The van der Waals surface area contributed by atoms with Gasteiger partial charge in [0.25, 0.3) is 0 Å². The zero-order chi connectivity index (χ0) is 12.5. The summed E-state index contributed by atoms with van der Waals surface area (Å²) >= 11 is 0. The first kappa shape index (κ1) is 11.8. The van der Waals surface area contributed by atoms with Gasteiger partial charge in [0.2, 0.25) is 0 Å². The highest BCUT2D eigenvalue weighted by Crippen LogP contribution is 2.32. The number of halogens is 1. The number of piperidine rings is 1. The predicted octanol–water partition coefficient (Wildman–Crippen LogP) is 1.76. The van der Waals surface area contributed by atoms with Crippen LogP contribution in [-0.2, 0) is 0 Å². The minimum absolute atomic E-state index is 0.221. The number of rotatable bonds is 2. The largest absolute Gasteiger partial charge is 0.387 e. The first-order valence-corrected chi connectivity index (χ1v) is 5.73. The molecule has 1 aromatic heterocycles. The van der Waals surface area contributed by atoms with E-state index in [9.17, 15) is 4.39 Å². The Kier molecular flexibility index (Phi) is 3.00. The molecule has 2 heterocycles. The third-order valence-corrected chi connectivity index (χ3v) is 3.56. The summed E-state index contributed by atoms with van der Waals surface area (Å²) in [4.78, 5) is 5.98. The fourth-order valence-corrected chi connectivity index (χ4v) is 2.09. The van der Waals surface area contributed by atoms with Gasteiger partial charge in [-0.1, -0.05) is 6.92 Å². The second-order valence-electron chi connectivity index (χ2n) is 4.77. The van der Waals surface area contributed by atoms with Gasteiger partial charge >= 0.3 is 0 Å². The summed E-state index contributed by atoms with van der Waals surface area (Å²) in [6, 6.07) is 3.00. The molecule has 0 amide bonds. The van der Waals surface area contributed by atoms with E-state index in [0.717, 1.165) is 12.8 Å². The third-order valence-electron chi connectivity index (χ3n) is 3.56. The van der Waals surface area contributed by atoms with Crippen LogP contribution in [0, 0.1) is 16.6 Å². The molecule has 0 unspecified atom stereocenters. The number of pyridine rings is 1. The van der Waals surface area contributed by atoms with Crippen LogP contribution in [0.2, 0.25) is 0 Å². The summed E-state index contributed by atoms with van der Waals surface area (Å²) in [7, 11) is 0. The maximum absolute atomic E-state index is 13.6. The maximum atomic E-state index is 13.6. The predicted molar refractivity (Wildman–Crippen MR) is 65.7 cm³/mol. The van der Waals surface area contributed by atoms with Crippen LogP contribution in [0.5, 0.6) is 0 Å². The van der Waals surface area contributed by atoms with Gasteiger partial charge in [0.05, 0.1) is 5.84 Å². The van der Waals surface area contributed by atoms with E-state index in [1.54, 1.807) is 12.3 Å². The summed E-state index contributed by atoms with van der Waals surface area (Å²) in [5.74, 6) is 0.329. The summed E-state index contributed by atoms with van der Waals surface area (Å²) in [6.45, 7) is 3.36. The number of hydrogen-bond acceptors (Lipinski definition) is 3. The van der Waals surface area contributed by atoms with Gasteiger partial charge in [-0.15, -0.1) is 0 Å². The molecule has 0 aromatic carbocycles. The van der Waals surface area contributed by atoms with E-state index in [1.165, 1.54) is 6.07 Å². The van der Waals surface area contributed by atoms with Gasteiger partial charge in [-0.05, 0) is 25.0 Å². The van der Waals surface area contributed by atoms with Gasteiger partial charge in [0.1, 0.15) is 0 Å². The van der Waals surface area contributed by atoms with Crippen molar-refractivity contribution in [2.45, 2.75) is 19.8 Å². The molecule has 1 aliphatic heterocycles. The molecule has 0 aliphatic carbocycles. The molecule has 0 bridgehead atoms. The number of nitrogens with zero attached hydrogens (tertiary/aromatic N) is 2. The van der Waals surface area contributed by atoms with Crippen LogP contribution in [-0.4, -0.2) is 23.9 Å². The zero-order valence-corrected chi connectivity index (χ0v) is 9.91. The summed E-state index contributed by atoms with van der Waals surface area (Å²) < 4.78 is 13.6. The highest BCUT2D eigenvalue weighted by Gasteiger charge is 2.33. The number of nitrogens with two attached hydrogens (primary N) is 1. The zero-order valence-electron chi connectivity index (χ0n) is 9.91. The van der Waals surface area contributed by atoms with Crippen molar-refractivity contribution < 1.29 is 4.39 Å². The van der Waals surface area contributed by atoms with E-state index < -0.39 is 0 Å². The van der Waals surface area contributed by atoms with E-state index in [4.69, 9.17) is 11.1 Å². The molecule has 3 N–H and O–H groups in total. The average Bonchev–Trinajstić information content (AvgIpc) is 2.31. The molecule has 5 heteroatoms. The molecule has 1 aliphatic rings. The topological polar surface area (TPSA) is 66.0 Å². The lowest BCUT2D eigenvalue weighted by molar-refractivity contribution is 0.348. The number of hydrogen-bond donors (Lipinski definition) is 2. The van der Waals surface area contributed by atoms with Crippen molar-refractivity contribution in [2.24, 2.45) is 11.1 Å². The summed E-state index contributed by atoms with van der Waals surface area (Å²) in [5.41, 5.74) is 5.34. The molecule has 4 nitrogen and oxygen atoms in total. The standard InChI is InChI=1S/C12H17FN4/c1-12(11(14)15)4-7-17(8-5-12)10-9(13)3-2-6-16-10/h2-3,6H,4-5,7-8H2,1H3,(H3,14,15). The number of nitrogens with one attached hydrogen (secondary N) is 1. The Labute approximate surface area is 100 Å². The van der Waals surface area contributed by atoms with Gasteiger partial charge in [-0.3, -0.25) is 5.41 Å². The van der Waals surface area contributed by atoms with Crippen LogP contribution < -0.4 is 10.6 Å². The second kappa shape index (κ2) is 4.31. The second-order valence-corrected chi connectivity index (χ2v) is 4.77. The first-order valence-electron chi connectivity index (χ1n) is 5.73. The van der Waals surface area contributed by atoms with E-state index >= 15 is 0 Å². The van der Waals surface area contributed by atoms with Crippen molar-refractivity contribution in [1.29, 1.82) is 5.41 Å². The molecule has 0 radical (unpaired) electrons. The molecule has 0 spiro atoms. The quantitative estimate of drug-likeness (QED) is 0.607. The van der Waals surface area contributed by atoms with E-state index in [1.807, 2.05) is 11.8 Å². The average molecular weight is 236 g/mol. The minimum atomic E-state index is -0.293. The van der Waals surface area contributed by atoms with Crippen molar-refractivity contribution in [3.8, 4) is 0 Å². The van der Waals surface area contributed by atoms with Crippen LogP contribution in [0.15, 0.2) is 18.3 Å². The Morgan fingerprint density at radius 1 is 1.53 bits per heavy atom. The normalized spacial score (nSPS) is 19.1. The van der Waals surface area contributed by atoms with E-state index in [2.05, 4.69) is 4.98 Å². The fraction of sp³-hybridized carbons (Fsp3) is 0.500. The van der Waals surface area contributed by atoms with Crippen molar-refractivity contribution in [3.63, 3.8) is 0 Å². The van der Waals surface area contributed by atoms with Gasteiger partial charge in [0, 0.05) is 24.7 Å². The molecule has 1 aromatic rings. The van der Waals surface area contributed by atoms with Gasteiger partial charge in [-0.25, -0.2) is 9.37 Å². The smallest absolute Gasteiger partial charge is 0.165 e. The molecule has 0 atom stereocenters. The van der Waals surface area contributed by atoms with Crippen LogP contribution in [0.4, 0.5) is 10.2 Å². The van der Waals surface area contributed by atoms with E-state index in [-0.39, 0.29) is 17.1 Å². The van der Waals surface area contributed by atoms with Crippen molar-refractivity contribution in [1.82, 2.24) is 4.98 Å². The minimum Gasteiger partial charge on any atom is -0.387 e. The first-order chi connectivity index (χ1) is 8.03. The highest BCUT2D eigenvalue weighted by molar-refractivity contribution is 5.83. The van der Waals surface area contributed by atoms with Crippen molar-refractivity contribution in [2.75, 3.05) is 18.0 Å². The van der Waals surface area contributed by atoms with Crippen LogP contribution in [0.1, 0.15) is 19.8 Å². The molecular formula is C12H17FN4. The van der Waals surface area contributed by atoms with Crippen molar-refractivity contribution >= 4 is 11.7 Å². The lowest BCUT2D eigenvalue weighted by atomic mass is 9.79. The third kappa shape index (κ3) is 2.23. The number of amidine groups is 1. The Morgan fingerprint density at radius 2 is 2.18 bits per heavy atom. The Morgan fingerprint density at radius 3 is 2.71 bits per heavy atom. The van der Waals surface area contributed by atoms with Crippen LogP contribution in [0.25, 0.3) is 0 Å². The Bertz CT molecular complexity index is 424. The molecule has 92 valence electrons. The Hall–Kier alpha value is -1.65. The molecule has 17 heavy (non-hydrogen) atoms. The fourth-order valence-electron chi connectivity index (χ4n) is 2.09. The lowest BCUT2D eigenvalue weighted by Gasteiger charge is -2.39. The molecular weight excluding hydrogens is 219 g/mol. The Balaban J connectivity index is 2.10. The van der Waals surface area contributed by atoms with E-state index in [0.29, 0.717) is 18.9 Å². The van der Waals surface area contributed by atoms with Crippen LogP contribution in [0.3, 0.4) is 0 Å². The van der Waals surface area contributed by atoms with Gasteiger partial charge in [-0.2, -0.15) is 0 Å². The number of anilines is 1. The van der Waals surface area contributed by atoms with Crippen LogP contribution >= 0.6 is 0 Å². The number of aromatic nitrogens is 1.